The minimum absolute atomic E-state index is 0.0896. The van der Waals surface area contributed by atoms with Gasteiger partial charge in [-0.25, -0.2) is 12.7 Å². The third kappa shape index (κ3) is 4.20. The molecule has 3 aromatic rings. The highest BCUT2D eigenvalue weighted by molar-refractivity contribution is 7.90. The van der Waals surface area contributed by atoms with E-state index in [0.29, 0.717) is 21.5 Å². The van der Waals surface area contributed by atoms with Crippen LogP contribution in [0, 0.1) is 0 Å². The Kier molecular flexibility index (Phi) is 5.93. The van der Waals surface area contributed by atoms with Gasteiger partial charge in [0.25, 0.3) is 15.9 Å². The third-order valence-corrected chi connectivity index (χ3v) is 6.70. The predicted octanol–water partition coefficient (Wildman–Crippen LogP) is 3.28. The lowest BCUT2D eigenvalue weighted by molar-refractivity contribution is -0.116. The van der Waals surface area contributed by atoms with Crippen molar-refractivity contribution in [3.05, 3.63) is 72.3 Å². The molecule has 4 rings (SSSR count). The topological polar surface area (TPSA) is 111 Å². The molecule has 1 aliphatic heterocycles. The quantitative estimate of drug-likeness (QED) is 0.566. The molecule has 9 nitrogen and oxygen atoms in total. The highest BCUT2D eigenvalue weighted by Crippen LogP contribution is 2.39. The van der Waals surface area contributed by atoms with Crippen LogP contribution in [0.2, 0.25) is 0 Å². The number of ether oxygens (including phenoxy) is 3. The molecule has 0 atom stereocenters. The normalized spacial score (nSPS) is 13.9. The molecule has 0 saturated carbocycles. The maximum absolute atomic E-state index is 13.0. The van der Waals surface area contributed by atoms with Gasteiger partial charge in [0, 0.05) is 6.07 Å². The molecule has 0 radical (unpaired) electrons. The first-order chi connectivity index (χ1) is 15.8. The van der Waals surface area contributed by atoms with E-state index in [4.69, 9.17) is 14.2 Å². The van der Waals surface area contributed by atoms with Crippen molar-refractivity contribution < 1.29 is 32.2 Å². The SMILES string of the molecule is COc1cc2c(cc1OC)S(=O)(=O)N(CC(=O)Nc1ccccc1Oc1ccccc1)C2=O. The van der Waals surface area contributed by atoms with Crippen molar-refractivity contribution >= 4 is 27.5 Å². The van der Waals surface area contributed by atoms with Gasteiger partial charge in [0.2, 0.25) is 5.91 Å². The number of amides is 2. The summed E-state index contributed by atoms with van der Waals surface area (Å²) in [5.74, 6) is -0.234. The van der Waals surface area contributed by atoms with Crippen LogP contribution in [-0.2, 0) is 14.8 Å². The van der Waals surface area contributed by atoms with E-state index in [9.17, 15) is 18.0 Å². The minimum Gasteiger partial charge on any atom is -0.493 e. The first-order valence-corrected chi connectivity index (χ1v) is 11.2. The van der Waals surface area contributed by atoms with Gasteiger partial charge in [0.1, 0.15) is 17.2 Å². The molecule has 1 aliphatic rings. The number of anilines is 1. The molecule has 0 bridgehead atoms. The zero-order valence-corrected chi connectivity index (χ0v) is 18.6. The number of carbonyl (C=O) groups is 2. The highest BCUT2D eigenvalue weighted by atomic mass is 32.2. The molecular formula is C23H20N2O7S. The number of nitrogens with one attached hydrogen (secondary N) is 1. The van der Waals surface area contributed by atoms with Crippen LogP contribution < -0.4 is 19.5 Å². The van der Waals surface area contributed by atoms with Crippen molar-refractivity contribution in [1.29, 1.82) is 0 Å². The van der Waals surface area contributed by atoms with Gasteiger partial charge in [-0.05, 0) is 30.3 Å². The van der Waals surface area contributed by atoms with Crippen LogP contribution in [0.1, 0.15) is 10.4 Å². The first-order valence-electron chi connectivity index (χ1n) is 9.80. The summed E-state index contributed by atoms with van der Waals surface area (Å²) in [4.78, 5) is 25.3. The van der Waals surface area contributed by atoms with Crippen LogP contribution >= 0.6 is 0 Å². The van der Waals surface area contributed by atoms with Gasteiger partial charge in [-0.1, -0.05) is 30.3 Å². The molecule has 1 N–H and O–H groups in total. The Hall–Kier alpha value is -4.05. The zero-order chi connectivity index (χ0) is 23.6. The summed E-state index contributed by atoms with van der Waals surface area (Å²) in [7, 11) is -1.51. The van der Waals surface area contributed by atoms with E-state index in [1.165, 1.54) is 26.4 Å². The van der Waals surface area contributed by atoms with E-state index >= 15 is 0 Å². The summed E-state index contributed by atoms with van der Waals surface area (Å²) >= 11 is 0. The zero-order valence-electron chi connectivity index (χ0n) is 17.8. The molecule has 0 spiro atoms. The Morgan fingerprint density at radius 2 is 1.55 bits per heavy atom. The molecule has 170 valence electrons. The van der Waals surface area contributed by atoms with E-state index in [2.05, 4.69) is 5.32 Å². The summed E-state index contributed by atoms with van der Waals surface area (Å²) in [5.41, 5.74) is 0.240. The fraction of sp³-hybridized carbons (Fsp3) is 0.130. The molecule has 33 heavy (non-hydrogen) atoms. The van der Waals surface area contributed by atoms with Crippen LogP contribution in [0.3, 0.4) is 0 Å². The number of rotatable bonds is 7. The average Bonchev–Trinajstić information content (AvgIpc) is 3.00. The Morgan fingerprint density at radius 3 is 2.24 bits per heavy atom. The Labute approximate surface area is 190 Å². The molecule has 3 aromatic carbocycles. The molecule has 0 fully saturated rings. The van der Waals surface area contributed by atoms with Gasteiger partial charge >= 0.3 is 0 Å². The van der Waals surface area contributed by atoms with Gasteiger partial charge < -0.3 is 19.5 Å². The number of para-hydroxylation sites is 3. The second kappa shape index (κ2) is 8.83. The second-order valence-corrected chi connectivity index (χ2v) is 8.81. The monoisotopic (exact) mass is 468 g/mol. The number of sulfonamides is 1. The number of nitrogens with zero attached hydrogens (tertiary/aromatic N) is 1. The second-order valence-electron chi connectivity index (χ2n) is 6.98. The summed E-state index contributed by atoms with van der Waals surface area (Å²) in [5, 5.41) is 2.62. The summed E-state index contributed by atoms with van der Waals surface area (Å²) in [6.45, 7) is -0.708. The maximum atomic E-state index is 13.0. The Morgan fingerprint density at radius 1 is 0.909 bits per heavy atom. The highest BCUT2D eigenvalue weighted by Gasteiger charge is 2.43. The molecular weight excluding hydrogens is 448 g/mol. The Balaban J connectivity index is 1.56. The lowest BCUT2D eigenvalue weighted by Crippen LogP contribution is -2.37. The first kappa shape index (κ1) is 22.2. The largest absolute Gasteiger partial charge is 0.493 e. The summed E-state index contributed by atoms with van der Waals surface area (Å²) < 4.78 is 42.5. The van der Waals surface area contributed by atoms with Crippen molar-refractivity contribution in [2.75, 3.05) is 26.1 Å². The van der Waals surface area contributed by atoms with E-state index in [1.54, 1.807) is 36.4 Å². The van der Waals surface area contributed by atoms with E-state index in [0.717, 1.165) is 0 Å². The number of hydrogen-bond acceptors (Lipinski definition) is 7. The third-order valence-electron chi connectivity index (χ3n) is 4.93. The fourth-order valence-corrected chi connectivity index (χ4v) is 4.88. The van der Waals surface area contributed by atoms with Crippen LogP contribution in [0.25, 0.3) is 0 Å². The van der Waals surface area contributed by atoms with Crippen molar-refractivity contribution in [1.82, 2.24) is 4.31 Å². The van der Waals surface area contributed by atoms with E-state index in [-0.39, 0.29) is 22.0 Å². The molecule has 0 aliphatic carbocycles. The van der Waals surface area contributed by atoms with Gasteiger partial charge in [-0.2, -0.15) is 0 Å². The molecule has 10 heteroatoms. The molecule has 0 saturated heterocycles. The summed E-state index contributed by atoms with van der Waals surface area (Å²) in [6, 6.07) is 18.2. The van der Waals surface area contributed by atoms with Crippen molar-refractivity contribution in [2.45, 2.75) is 4.90 Å². The number of carbonyl (C=O) groups excluding carboxylic acids is 2. The number of methoxy groups -OCH3 is 2. The fourth-order valence-electron chi connectivity index (χ4n) is 3.35. The lowest BCUT2D eigenvalue weighted by atomic mass is 10.2. The van der Waals surface area contributed by atoms with Gasteiger partial charge in [-0.3, -0.25) is 9.59 Å². The summed E-state index contributed by atoms with van der Waals surface area (Å²) in [6.07, 6.45) is 0. The molecule has 2 amide bonds. The predicted molar refractivity (Wildman–Crippen MR) is 119 cm³/mol. The van der Waals surface area contributed by atoms with Crippen molar-refractivity contribution in [3.8, 4) is 23.0 Å². The van der Waals surface area contributed by atoms with Gasteiger partial charge in [-0.15, -0.1) is 0 Å². The molecule has 0 aromatic heterocycles. The van der Waals surface area contributed by atoms with Gasteiger partial charge in [0.05, 0.1) is 25.5 Å². The van der Waals surface area contributed by atoms with Gasteiger partial charge in [0.15, 0.2) is 17.2 Å². The van der Waals surface area contributed by atoms with Crippen molar-refractivity contribution in [3.63, 3.8) is 0 Å². The van der Waals surface area contributed by atoms with Crippen LogP contribution in [0.5, 0.6) is 23.0 Å². The smallest absolute Gasteiger partial charge is 0.269 e. The maximum Gasteiger partial charge on any atom is 0.269 e. The average molecular weight is 468 g/mol. The van der Waals surface area contributed by atoms with Crippen molar-refractivity contribution in [2.24, 2.45) is 0 Å². The van der Waals surface area contributed by atoms with Crippen LogP contribution in [0.4, 0.5) is 5.69 Å². The standard InChI is InChI=1S/C23H20N2O7S/c1-30-19-12-16-21(13-20(19)31-2)33(28,29)25(23(16)27)14-22(26)24-17-10-6-7-11-18(17)32-15-8-4-3-5-9-15/h3-13H,14H2,1-2H3,(H,24,26). The minimum atomic E-state index is -4.24. The number of fused-ring (bicyclic) bond motifs is 1. The van der Waals surface area contributed by atoms with E-state index < -0.39 is 28.4 Å². The lowest BCUT2D eigenvalue weighted by Gasteiger charge is -2.16. The van der Waals surface area contributed by atoms with Crippen LogP contribution in [0.15, 0.2) is 71.6 Å². The number of benzene rings is 3. The molecule has 1 heterocycles. The molecule has 0 unspecified atom stereocenters. The van der Waals surface area contributed by atoms with Crippen LogP contribution in [-0.4, -0.2) is 45.3 Å². The van der Waals surface area contributed by atoms with E-state index in [1.807, 2.05) is 18.2 Å². The number of hydrogen-bond donors (Lipinski definition) is 1. The Bertz CT molecular complexity index is 1320.